The highest BCUT2D eigenvalue weighted by Gasteiger charge is 2.02. The first-order chi connectivity index (χ1) is 5.76. The van der Waals surface area contributed by atoms with Crippen molar-refractivity contribution in [2.75, 3.05) is 25.8 Å². The summed E-state index contributed by atoms with van der Waals surface area (Å²) >= 11 is 0. The summed E-state index contributed by atoms with van der Waals surface area (Å²) in [7, 11) is 1.19. The predicted octanol–water partition coefficient (Wildman–Crippen LogP) is 1.55. The van der Waals surface area contributed by atoms with Crippen LogP contribution in [0.15, 0.2) is 12.3 Å². The lowest BCUT2D eigenvalue weighted by atomic mass is 10.3. The molecule has 0 fully saturated rings. The number of nitrogens with zero attached hydrogens (tertiary/aromatic N) is 1. The summed E-state index contributed by atoms with van der Waals surface area (Å²) in [6, 6.07) is 0. The molecular formula is C9H19N2P. The van der Waals surface area contributed by atoms with Crippen LogP contribution in [0.3, 0.4) is 0 Å². The number of rotatable bonds is 7. The monoisotopic (exact) mass is 186 g/mol. The van der Waals surface area contributed by atoms with Gasteiger partial charge in [0.05, 0.1) is 0 Å². The van der Waals surface area contributed by atoms with Crippen molar-refractivity contribution in [1.29, 1.82) is 0 Å². The zero-order valence-corrected chi connectivity index (χ0v) is 8.82. The molecule has 0 saturated carbocycles. The Balaban J connectivity index is 3.84. The summed E-state index contributed by atoms with van der Waals surface area (Å²) in [5.41, 5.74) is 6.68. The average molecular weight is 186 g/mol. The molecule has 2 N–H and O–H groups in total. The van der Waals surface area contributed by atoms with Crippen LogP contribution < -0.4 is 5.73 Å². The highest BCUT2D eigenvalue weighted by molar-refractivity contribution is 7.36. The Kier molecular flexibility index (Phi) is 7.12. The first kappa shape index (κ1) is 11.7. The minimum absolute atomic E-state index is 0.701. The van der Waals surface area contributed by atoms with Gasteiger partial charge in [-0.15, -0.1) is 8.20 Å². The van der Waals surface area contributed by atoms with Gasteiger partial charge in [0.1, 0.15) is 0 Å². The third-order valence-corrected chi connectivity index (χ3v) is 2.30. The first-order valence-electron chi connectivity index (χ1n) is 4.31. The second-order valence-electron chi connectivity index (χ2n) is 2.64. The molecule has 0 aliphatic heterocycles. The molecule has 2 nitrogen and oxygen atoms in total. The maximum Gasteiger partial charge on any atom is 0.0298 e. The van der Waals surface area contributed by atoms with E-state index in [2.05, 4.69) is 24.7 Å². The highest BCUT2D eigenvalue weighted by Crippen LogP contribution is 2.06. The number of allylic oxidation sites excluding steroid dienone is 1. The van der Waals surface area contributed by atoms with Gasteiger partial charge in [-0.05, 0) is 6.42 Å². The van der Waals surface area contributed by atoms with Crippen LogP contribution in [0.4, 0.5) is 0 Å². The standard InChI is InChI=1S/C9H19N2P/c1-4-9(2)11(6-5-10)7-8-12-3/h2-8,10H2,1H3. The van der Waals surface area contributed by atoms with Crippen LogP contribution in [-0.2, 0) is 0 Å². The van der Waals surface area contributed by atoms with Crippen LogP contribution in [0.1, 0.15) is 13.3 Å². The first-order valence-corrected chi connectivity index (χ1v) is 5.58. The minimum atomic E-state index is 0.701. The van der Waals surface area contributed by atoms with Gasteiger partial charge >= 0.3 is 0 Å². The van der Waals surface area contributed by atoms with Crippen molar-refractivity contribution in [3.05, 3.63) is 12.3 Å². The van der Waals surface area contributed by atoms with E-state index < -0.39 is 0 Å². The van der Waals surface area contributed by atoms with Gasteiger partial charge in [-0.25, -0.2) is 0 Å². The lowest BCUT2D eigenvalue weighted by molar-refractivity contribution is 0.366. The molecule has 0 aliphatic rings. The molecule has 0 heterocycles. The molecule has 0 aromatic carbocycles. The summed E-state index contributed by atoms with van der Waals surface area (Å²) in [6.07, 6.45) is 5.89. The van der Waals surface area contributed by atoms with Gasteiger partial charge < -0.3 is 10.6 Å². The molecule has 0 radical (unpaired) electrons. The molecule has 3 heteroatoms. The lowest BCUT2D eigenvalue weighted by Gasteiger charge is -2.24. The molecule has 0 aromatic heterocycles. The van der Waals surface area contributed by atoms with Crippen molar-refractivity contribution in [2.45, 2.75) is 13.3 Å². The maximum atomic E-state index is 5.49. The average Bonchev–Trinajstić information content (AvgIpc) is 2.11. The highest BCUT2D eigenvalue weighted by atomic mass is 31.1. The molecule has 0 rings (SSSR count). The zero-order chi connectivity index (χ0) is 9.40. The van der Waals surface area contributed by atoms with Crippen LogP contribution in [-0.4, -0.2) is 37.0 Å². The van der Waals surface area contributed by atoms with E-state index in [9.17, 15) is 0 Å². The maximum absolute atomic E-state index is 5.49. The van der Waals surface area contributed by atoms with Gasteiger partial charge in [-0.1, -0.05) is 19.8 Å². The molecule has 0 amide bonds. The molecule has 0 spiro atoms. The summed E-state index contributed by atoms with van der Waals surface area (Å²) in [4.78, 5) is 2.25. The molecule has 0 aliphatic carbocycles. The molecule has 12 heavy (non-hydrogen) atoms. The smallest absolute Gasteiger partial charge is 0.0298 e. The SMILES string of the molecule is C=PCCN(CCN)C(=C)CC. The van der Waals surface area contributed by atoms with E-state index in [1.54, 1.807) is 0 Å². The van der Waals surface area contributed by atoms with Gasteiger partial charge in [0.15, 0.2) is 0 Å². The topological polar surface area (TPSA) is 29.3 Å². The Hall–Kier alpha value is -0.330. The number of hydrogen-bond donors (Lipinski definition) is 1. The summed E-state index contributed by atoms with van der Waals surface area (Å²) < 4.78 is 0. The van der Waals surface area contributed by atoms with E-state index in [1.807, 2.05) is 0 Å². The summed E-state index contributed by atoms with van der Waals surface area (Å²) in [5, 5.41) is 0. The van der Waals surface area contributed by atoms with Crippen molar-refractivity contribution in [2.24, 2.45) is 5.73 Å². The van der Waals surface area contributed by atoms with E-state index in [-0.39, 0.29) is 0 Å². The van der Waals surface area contributed by atoms with Crippen molar-refractivity contribution < 1.29 is 0 Å². The van der Waals surface area contributed by atoms with Crippen LogP contribution in [0.5, 0.6) is 0 Å². The third-order valence-electron chi connectivity index (χ3n) is 1.78. The number of nitrogens with two attached hydrogens (primary N) is 1. The largest absolute Gasteiger partial charge is 0.373 e. The Bertz CT molecular complexity index is 145. The normalized spacial score (nSPS) is 10.2. The van der Waals surface area contributed by atoms with E-state index >= 15 is 0 Å². The predicted molar refractivity (Wildman–Crippen MR) is 59.0 cm³/mol. The van der Waals surface area contributed by atoms with E-state index in [4.69, 9.17) is 5.73 Å². The second kappa shape index (κ2) is 7.33. The Morgan fingerprint density at radius 1 is 1.50 bits per heavy atom. The molecule has 0 unspecified atom stereocenters. The molecule has 0 saturated heterocycles. The molecule has 0 aromatic rings. The van der Waals surface area contributed by atoms with E-state index in [0.29, 0.717) is 6.54 Å². The quantitative estimate of drug-likeness (QED) is 0.611. The van der Waals surface area contributed by atoms with Gasteiger partial charge in [-0.2, -0.15) is 0 Å². The Labute approximate surface area is 77.2 Å². The van der Waals surface area contributed by atoms with Gasteiger partial charge in [0.25, 0.3) is 0 Å². The van der Waals surface area contributed by atoms with E-state index in [1.165, 1.54) is 13.9 Å². The molecular weight excluding hydrogens is 167 g/mol. The van der Waals surface area contributed by atoms with Crippen molar-refractivity contribution in [1.82, 2.24) is 4.90 Å². The molecule has 70 valence electrons. The zero-order valence-electron chi connectivity index (χ0n) is 7.92. The fourth-order valence-electron chi connectivity index (χ4n) is 0.999. The van der Waals surface area contributed by atoms with Crippen molar-refractivity contribution >= 4 is 14.5 Å². The second-order valence-corrected chi connectivity index (χ2v) is 3.54. The molecule has 0 bridgehead atoms. The molecule has 0 atom stereocenters. The fraction of sp³-hybridized carbons (Fsp3) is 0.667. The Morgan fingerprint density at radius 3 is 2.58 bits per heavy atom. The fourth-order valence-corrected chi connectivity index (χ4v) is 1.38. The van der Waals surface area contributed by atoms with Crippen molar-refractivity contribution in [3.63, 3.8) is 0 Å². The van der Waals surface area contributed by atoms with E-state index in [0.717, 1.165) is 25.7 Å². The van der Waals surface area contributed by atoms with Gasteiger partial charge in [-0.3, -0.25) is 0 Å². The van der Waals surface area contributed by atoms with Gasteiger partial charge in [0, 0.05) is 31.5 Å². The van der Waals surface area contributed by atoms with Gasteiger partial charge in [0.2, 0.25) is 0 Å². The van der Waals surface area contributed by atoms with Crippen LogP contribution in [0.25, 0.3) is 0 Å². The Morgan fingerprint density at radius 2 is 2.17 bits per heavy atom. The van der Waals surface area contributed by atoms with Crippen LogP contribution in [0.2, 0.25) is 0 Å². The minimum Gasteiger partial charge on any atom is -0.373 e. The van der Waals surface area contributed by atoms with Crippen molar-refractivity contribution in [3.8, 4) is 0 Å². The third kappa shape index (κ3) is 4.53. The number of hydrogen-bond acceptors (Lipinski definition) is 2. The van der Waals surface area contributed by atoms with Crippen LogP contribution >= 0.6 is 8.20 Å². The lowest BCUT2D eigenvalue weighted by Crippen LogP contribution is -2.30. The summed E-state index contributed by atoms with van der Waals surface area (Å²) in [6.45, 7) is 8.77. The van der Waals surface area contributed by atoms with Crippen LogP contribution in [0, 0.1) is 0 Å². The summed E-state index contributed by atoms with van der Waals surface area (Å²) in [5.74, 6) is 0.